The number of nitrogens with one attached hydrogen (secondary N) is 3. The van der Waals surface area contributed by atoms with Crippen molar-refractivity contribution in [3.8, 4) is 17.2 Å². The molecule has 1 heterocycles. The lowest BCUT2D eigenvalue weighted by Gasteiger charge is -2.38. The number of rotatable bonds is 9. The van der Waals surface area contributed by atoms with Crippen LogP contribution in [0, 0.1) is 5.92 Å². The van der Waals surface area contributed by atoms with Gasteiger partial charge in [-0.05, 0) is 67.6 Å². The number of fused-ring (bicyclic) bond motifs is 1. The number of benzene rings is 3. The number of hydrogen-bond acceptors (Lipinski definition) is 7. The molecule has 12 nitrogen and oxygen atoms in total. The van der Waals surface area contributed by atoms with Crippen LogP contribution in [0.25, 0.3) is 0 Å². The second-order valence-corrected chi connectivity index (χ2v) is 10.7. The van der Waals surface area contributed by atoms with E-state index in [9.17, 15) is 19.5 Å². The Bertz CT molecular complexity index is 1450. The average molecular weight is 606 g/mol. The van der Waals surface area contributed by atoms with Gasteiger partial charge in [-0.2, -0.15) is 0 Å². The monoisotopic (exact) mass is 605 g/mol. The summed E-state index contributed by atoms with van der Waals surface area (Å²) in [6.07, 6.45) is -0.575. The largest absolute Gasteiger partial charge is 0.497 e. The third-order valence-corrected chi connectivity index (χ3v) is 7.43. The summed E-state index contributed by atoms with van der Waals surface area (Å²) in [5.41, 5.74) is 1.65. The predicted molar refractivity (Wildman–Crippen MR) is 168 cm³/mol. The first-order chi connectivity index (χ1) is 21.1. The van der Waals surface area contributed by atoms with Gasteiger partial charge < -0.3 is 45.1 Å². The molecule has 3 aromatic rings. The Kier molecular flexibility index (Phi) is 10.5. The van der Waals surface area contributed by atoms with Gasteiger partial charge in [0.15, 0.2) is 5.75 Å². The maximum absolute atomic E-state index is 13.7. The zero-order valence-corrected chi connectivity index (χ0v) is 25.5. The second kappa shape index (κ2) is 14.5. The molecule has 0 aliphatic carbocycles. The topological polar surface area (TPSA) is 142 Å². The Morgan fingerprint density at radius 3 is 2.14 bits per heavy atom. The first-order valence-corrected chi connectivity index (χ1v) is 14.2. The van der Waals surface area contributed by atoms with Crippen molar-refractivity contribution in [1.29, 1.82) is 0 Å². The van der Waals surface area contributed by atoms with E-state index >= 15 is 0 Å². The molecule has 0 spiro atoms. The van der Waals surface area contributed by atoms with Gasteiger partial charge in [-0.3, -0.25) is 4.79 Å². The molecule has 0 unspecified atom stereocenters. The number of methoxy groups -OCH3 is 2. The quantitative estimate of drug-likeness (QED) is 0.276. The lowest BCUT2D eigenvalue weighted by molar-refractivity contribution is 0.0373. The fourth-order valence-electron chi connectivity index (χ4n) is 4.76. The molecule has 0 bridgehead atoms. The zero-order valence-electron chi connectivity index (χ0n) is 25.5. The molecular formula is C32H39N5O7. The number of anilines is 3. The Morgan fingerprint density at radius 2 is 1.57 bits per heavy atom. The van der Waals surface area contributed by atoms with E-state index in [0.717, 1.165) is 0 Å². The number of carbonyl (C=O) groups excluding carboxylic acids is 3. The van der Waals surface area contributed by atoms with Crippen LogP contribution in [-0.4, -0.2) is 86.0 Å². The second-order valence-electron chi connectivity index (χ2n) is 10.7. The SMILES string of the molecule is COc1ccc(NC(=O)Nc2cccc3c2O[C@@H](CN(C)C(=O)Nc2ccc(OC)cc2)[C@@H](C)CN([C@H](C)CO)C3=O)cc1. The lowest BCUT2D eigenvalue weighted by Crippen LogP contribution is -2.50. The molecule has 4 rings (SSSR count). The van der Waals surface area contributed by atoms with Gasteiger partial charge in [-0.25, -0.2) is 9.59 Å². The highest BCUT2D eigenvalue weighted by atomic mass is 16.5. The van der Waals surface area contributed by atoms with Gasteiger partial charge in [-0.15, -0.1) is 0 Å². The maximum atomic E-state index is 13.7. The number of carbonyl (C=O) groups is 3. The fraction of sp³-hybridized carbons (Fsp3) is 0.344. The molecular weight excluding hydrogens is 566 g/mol. The smallest absolute Gasteiger partial charge is 0.323 e. The highest BCUT2D eigenvalue weighted by molar-refractivity contribution is 6.04. The Morgan fingerprint density at radius 1 is 0.977 bits per heavy atom. The number of likely N-dealkylation sites (N-methyl/N-ethyl adjacent to an activating group) is 1. The first-order valence-electron chi connectivity index (χ1n) is 14.2. The van der Waals surface area contributed by atoms with E-state index in [4.69, 9.17) is 14.2 Å². The van der Waals surface area contributed by atoms with Crippen LogP contribution in [0.3, 0.4) is 0 Å². The summed E-state index contributed by atoms with van der Waals surface area (Å²) in [4.78, 5) is 42.9. The highest BCUT2D eigenvalue weighted by Gasteiger charge is 2.35. The van der Waals surface area contributed by atoms with E-state index < -0.39 is 18.2 Å². The third-order valence-electron chi connectivity index (χ3n) is 7.43. The number of nitrogens with zero attached hydrogens (tertiary/aromatic N) is 2. The van der Waals surface area contributed by atoms with E-state index in [-0.39, 0.29) is 54.6 Å². The van der Waals surface area contributed by atoms with Gasteiger partial charge in [0.25, 0.3) is 5.91 Å². The predicted octanol–water partition coefficient (Wildman–Crippen LogP) is 4.73. The summed E-state index contributed by atoms with van der Waals surface area (Å²) < 4.78 is 16.8. The molecule has 1 aliphatic heterocycles. The maximum Gasteiger partial charge on any atom is 0.323 e. The molecule has 1 aliphatic rings. The van der Waals surface area contributed by atoms with Crippen molar-refractivity contribution in [2.45, 2.75) is 26.0 Å². The molecule has 44 heavy (non-hydrogen) atoms. The molecule has 0 fully saturated rings. The van der Waals surface area contributed by atoms with Crippen molar-refractivity contribution < 1.29 is 33.7 Å². The standard InChI is InChI=1S/C32H39N5O7/c1-20-17-37(21(2)19-38)30(39)26-7-6-8-27(35-31(40)33-22-9-13-24(42-4)14-10-22)29(26)44-28(20)18-36(3)32(41)34-23-11-15-25(43-5)16-12-23/h6-16,20-21,28,38H,17-19H2,1-5H3,(H,34,41)(H2,33,35,40)/t20-,21+,28-/m0/s1. The van der Waals surface area contributed by atoms with Crippen molar-refractivity contribution in [2.75, 3.05) is 56.9 Å². The third kappa shape index (κ3) is 7.70. The van der Waals surface area contributed by atoms with Crippen molar-refractivity contribution in [1.82, 2.24) is 9.80 Å². The molecule has 3 aromatic carbocycles. The average Bonchev–Trinajstić information content (AvgIpc) is 3.03. The molecule has 0 saturated heterocycles. The van der Waals surface area contributed by atoms with Gasteiger partial charge in [0.2, 0.25) is 0 Å². The van der Waals surface area contributed by atoms with Crippen molar-refractivity contribution in [3.05, 3.63) is 72.3 Å². The molecule has 0 aromatic heterocycles. The number of aliphatic hydroxyl groups is 1. The molecule has 12 heteroatoms. The number of para-hydroxylation sites is 1. The molecule has 5 amide bonds. The summed E-state index contributed by atoms with van der Waals surface area (Å²) >= 11 is 0. The number of amides is 5. The number of aliphatic hydroxyl groups excluding tert-OH is 1. The minimum atomic E-state index is -0.575. The first kappa shape index (κ1) is 32.0. The summed E-state index contributed by atoms with van der Waals surface area (Å²) in [5.74, 6) is 0.912. The van der Waals surface area contributed by atoms with Crippen LogP contribution in [0.2, 0.25) is 0 Å². The molecule has 0 radical (unpaired) electrons. The summed E-state index contributed by atoms with van der Waals surface area (Å²) in [7, 11) is 4.78. The van der Waals surface area contributed by atoms with Gasteiger partial charge in [0, 0.05) is 30.9 Å². The molecule has 0 saturated carbocycles. The van der Waals surface area contributed by atoms with E-state index in [1.54, 1.807) is 99.8 Å². The number of hydrogen-bond donors (Lipinski definition) is 4. The fourth-order valence-corrected chi connectivity index (χ4v) is 4.76. The summed E-state index contributed by atoms with van der Waals surface area (Å²) in [5, 5.41) is 18.4. The van der Waals surface area contributed by atoms with Crippen LogP contribution in [0.1, 0.15) is 24.2 Å². The molecule has 234 valence electrons. The lowest BCUT2D eigenvalue weighted by atomic mass is 9.99. The van der Waals surface area contributed by atoms with E-state index in [0.29, 0.717) is 22.9 Å². The van der Waals surface area contributed by atoms with E-state index in [2.05, 4.69) is 16.0 Å². The zero-order chi connectivity index (χ0) is 31.8. The summed E-state index contributed by atoms with van der Waals surface area (Å²) in [6, 6.07) is 17.4. The van der Waals surface area contributed by atoms with Crippen LogP contribution in [0.5, 0.6) is 17.2 Å². The van der Waals surface area contributed by atoms with Crippen LogP contribution in [-0.2, 0) is 0 Å². The van der Waals surface area contributed by atoms with E-state index in [1.165, 1.54) is 4.90 Å². The Labute approximate surface area is 256 Å². The highest BCUT2D eigenvalue weighted by Crippen LogP contribution is 2.35. The van der Waals surface area contributed by atoms with Crippen LogP contribution in [0.15, 0.2) is 66.7 Å². The minimum Gasteiger partial charge on any atom is -0.497 e. The van der Waals surface area contributed by atoms with Gasteiger partial charge in [0.05, 0.1) is 44.7 Å². The van der Waals surface area contributed by atoms with Crippen LogP contribution < -0.4 is 30.2 Å². The molecule has 3 atom stereocenters. The minimum absolute atomic E-state index is 0.171. The van der Waals surface area contributed by atoms with Crippen molar-refractivity contribution in [3.63, 3.8) is 0 Å². The van der Waals surface area contributed by atoms with Gasteiger partial charge >= 0.3 is 12.1 Å². The molecule has 4 N–H and O–H groups in total. The van der Waals surface area contributed by atoms with Gasteiger partial charge in [-0.1, -0.05) is 13.0 Å². The van der Waals surface area contributed by atoms with Crippen LogP contribution >= 0.6 is 0 Å². The van der Waals surface area contributed by atoms with Crippen LogP contribution in [0.4, 0.5) is 26.7 Å². The Balaban J connectivity index is 1.59. The Hall–Kier alpha value is -4.97. The van der Waals surface area contributed by atoms with Gasteiger partial charge in [0.1, 0.15) is 17.6 Å². The van der Waals surface area contributed by atoms with Crippen molar-refractivity contribution in [2.24, 2.45) is 5.92 Å². The summed E-state index contributed by atoms with van der Waals surface area (Å²) in [6.45, 7) is 3.91. The van der Waals surface area contributed by atoms with Crippen molar-refractivity contribution >= 4 is 35.0 Å². The van der Waals surface area contributed by atoms with E-state index in [1.807, 2.05) is 6.92 Å². The normalized spacial score (nSPS) is 16.8. The number of ether oxygens (including phenoxy) is 3. The number of urea groups is 2.